The lowest BCUT2D eigenvalue weighted by molar-refractivity contribution is -0.136. The van der Waals surface area contributed by atoms with Gasteiger partial charge in [-0.05, 0) is 93.1 Å². The summed E-state index contributed by atoms with van der Waals surface area (Å²) < 4.78 is 4.27. The number of amides is 7. The molecule has 8 rings (SSSR count). The summed E-state index contributed by atoms with van der Waals surface area (Å²) in [6.07, 6.45) is 7.13. The summed E-state index contributed by atoms with van der Waals surface area (Å²) in [5.74, 6) is -1.86. The number of likely N-dealkylation sites (tertiary alicyclic amines) is 1. The Morgan fingerprint density at radius 3 is 2.40 bits per heavy atom. The number of aromatic nitrogens is 3. The molecule has 0 bridgehead atoms. The van der Waals surface area contributed by atoms with Gasteiger partial charge in [-0.25, -0.2) is 14.8 Å². The zero-order valence-electron chi connectivity index (χ0n) is 30.5. The van der Waals surface area contributed by atoms with Crippen molar-refractivity contribution in [2.24, 2.45) is 11.1 Å². The van der Waals surface area contributed by atoms with Gasteiger partial charge in [-0.15, -0.1) is 0 Å². The highest BCUT2D eigenvalue weighted by atomic mass is 32.1. The molecule has 7 amide bonds. The Kier molecular flexibility index (Phi) is 9.60. The van der Waals surface area contributed by atoms with Gasteiger partial charge in [0, 0.05) is 57.4 Å². The highest BCUT2D eigenvalue weighted by molar-refractivity contribution is 7.10. The van der Waals surface area contributed by atoms with Gasteiger partial charge in [0.2, 0.25) is 11.8 Å². The summed E-state index contributed by atoms with van der Waals surface area (Å²) in [6, 6.07) is 5.99. The van der Waals surface area contributed by atoms with E-state index in [4.69, 9.17) is 10.7 Å². The van der Waals surface area contributed by atoms with Crippen LogP contribution in [0.5, 0.6) is 0 Å². The molecule has 0 radical (unpaired) electrons. The third kappa shape index (κ3) is 7.17. The second-order valence-corrected chi connectivity index (χ2v) is 15.9. The van der Waals surface area contributed by atoms with E-state index in [1.807, 2.05) is 24.0 Å². The molecule has 1 aromatic carbocycles. The molecule has 1 unspecified atom stereocenters. The monoisotopic (exact) mass is 769 g/mol. The van der Waals surface area contributed by atoms with Gasteiger partial charge >= 0.3 is 6.03 Å². The normalized spacial score (nSPS) is 22.5. The van der Waals surface area contributed by atoms with Crippen LogP contribution in [0.3, 0.4) is 0 Å². The first-order chi connectivity index (χ1) is 26.5. The number of piperidine rings is 4. The van der Waals surface area contributed by atoms with Crippen molar-refractivity contribution < 1.29 is 28.8 Å². The van der Waals surface area contributed by atoms with Crippen molar-refractivity contribution in [2.75, 3.05) is 54.4 Å². The van der Waals surface area contributed by atoms with Crippen molar-refractivity contribution in [1.82, 2.24) is 34.8 Å². The molecule has 5 aliphatic rings. The SMILES string of the molecule is Cc1cc(Nc2nc(N3CCC[C@@H](NC(=O)N4CCC5(CC4)CCN(c4ccc6c(c4)C(=O)N(C4CCC(=O)NC4=O)C6=O)CC5)C3)cnc2C(N)=O)sn1. The number of benzene rings is 1. The van der Waals surface area contributed by atoms with E-state index < -0.39 is 35.6 Å². The third-order valence-electron chi connectivity index (χ3n) is 11.7. The lowest BCUT2D eigenvalue weighted by Crippen LogP contribution is -2.55. The number of nitrogens with one attached hydrogen (secondary N) is 3. The quantitative estimate of drug-likeness (QED) is 0.255. The minimum atomic E-state index is -0.992. The first kappa shape index (κ1) is 36.3. The van der Waals surface area contributed by atoms with E-state index in [1.54, 1.807) is 18.3 Å². The number of aryl methyl sites for hydroxylation is 1. The predicted octanol–water partition coefficient (Wildman–Crippen LogP) is 2.55. The molecule has 5 aliphatic heterocycles. The molecule has 3 aromatic rings. The number of hydrogen-bond donors (Lipinski definition) is 4. The van der Waals surface area contributed by atoms with Crippen molar-refractivity contribution in [3.8, 4) is 0 Å². The number of anilines is 4. The van der Waals surface area contributed by atoms with Gasteiger partial charge < -0.3 is 31.1 Å². The number of fused-ring (bicyclic) bond motifs is 1. The standard InChI is InChI=1S/C37H43N11O6S/c1-21-17-29(55-44-21)43-32-30(31(38)50)39-19-27(41-32)47-12-2-3-22(20-47)40-36(54)46-15-10-37(11-16-46)8-13-45(14-9-37)23-4-5-24-25(18-23)35(53)48(34(24)52)26-6-7-28(49)42-33(26)51/h4-5,17-19,22,26H,2-3,6-16,20H2,1H3,(H2,38,50)(H,40,54)(H,41,43)(H,42,49,51)/t22-,26?/m1/s1. The molecule has 4 saturated heterocycles. The zero-order chi connectivity index (χ0) is 38.4. The van der Waals surface area contributed by atoms with Crippen LogP contribution in [-0.2, 0) is 9.59 Å². The number of carbonyl (C=O) groups is 6. The number of nitrogens with two attached hydrogens (primary N) is 1. The summed E-state index contributed by atoms with van der Waals surface area (Å²) in [5.41, 5.74) is 8.01. The number of nitrogens with zero attached hydrogens (tertiary/aromatic N) is 7. The highest BCUT2D eigenvalue weighted by Gasteiger charge is 2.45. The largest absolute Gasteiger partial charge is 0.371 e. The molecule has 4 fully saturated rings. The second-order valence-electron chi connectivity index (χ2n) is 15.1. The van der Waals surface area contributed by atoms with Crippen LogP contribution < -0.4 is 31.5 Å². The van der Waals surface area contributed by atoms with Gasteiger partial charge in [0.1, 0.15) is 16.9 Å². The molecular weight excluding hydrogens is 727 g/mol. The van der Waals surface area contributed by atoms with Crippen molar-refractivity contribution in [3.05, 3.63) is 53.0 Å². The van der Waals surface area contributed by atoms with Crippen LogP contribution >= 0.6 is 11.5 Å². The smallest absolute Gasteiger partial charge is 0.317 e. The van der Waals surface area contributed by atoms with Gasteiger partial charge in [0.15, 0.2) is 11.5 Å². The Balaban J connectivity index is 0.836. The molecule has 5 N–H and O–H groups in total. The molecule has 2 atom stereocenters. The minimum absolute atomic E-state index is 0.0442. The molecule has 1 spiro atoms. The number of carbonyl (C=O) groups excluding carboxylic acids is 6. The van der Waals surface area contributed by atoms with E-state index in [2.05, 4.69) is 35.1 Å². The molecule has 0 saturated carbocycles. The van der Waals surface area contributed by atoms with Gasteiger partial charge in [-0.1, -0.05) is 0 Å². The summed E-state index contributed by atoms with van der Waals surface area (Å²) in [7, 11) is 0. The van der Waals surface area contributed by atoms with Crippen LogP contribution in [0, 0.1) is 12.3 Å². The maximum atomic E-state index is 13.5. The number of hydrogen-bond acceptors (Lipinski definition) is 13. The maximum absolute atomic E-state index is 13.5. The Bertz CT molecular complexity index is 2070. The Hall–Kier alpha value is -5.65. The number of primary amides is 1. The highest BCUT2D eigenvalue weighted by Crippen LogP contribution is 2.43. The fourth-order valence-electron chi connectivity index (χ4n) is 8.49. The van der Waals surface area contributed by atoms with Crippen molar-refractivity contribution in [2.45, 2.75) is 70.4 Å². The minimum Gasteiger partial charge on any atom is -0.371 e. The summed E-state index contributed by atoms with van der Waals surface area (Å²) in [5, 5.41) is 9.34. The fourth-order valence-corrected chi connectivity index (χ4v) is 9.15. The lowest BCUT2D eigenvalue weighted by atomic mass is 9.71. The average Bonchev–Trinajstić information content (AvgIpc) is 3.70. The average molecular weight is 770 g/mol. The Labute approximate surface area is 321 Å². The van der Waals surface area contributed by atoms with E-state index in [0.717, 1.165) is 79.4 Å². The van der Waals surface area contributed by atoms with Crippen LogP contribution in [0.4, 0.5) is 27.1 Å². The van der Waals surface area contributed by atoms with Crippen molar-refractivity contribution in [3.63, 3.8) is 0 Å². The van der Waals surface area contributed by atoms with Crippen LogP contribution in [0.1, 0.15) is 88.3 Å². The molecule has 17 nitrogen and oxygen atoms in total. The van der Waals surface area contributed by atoms with E-state index in [9.17, 15) is 28.8 Å². The van der Waals surface area contributed by atoms with Crippen molar-refractivity contribution >= 4 is 69.4 Å². The van der Waals surface area contributed by atoms with Gasteiger partial charge in [-0.3, -0.25) is 34.2 Å². The zero-order valence-corrected chi connectivity index (χ0v) is 31.3. The van der Waals surface area contributed by atoms with Crippen LogP contribution in [0.15, 0.2) is 30.5 Å². The maximum Gasteiger partial charge on any atom is 0.317 e. The number of imide groups is 2. The van der Waals surface area contributed by atoms with E-state index in [0.29, 0.717) is 25.5 Å². The van der Waals surface area contributed by atoms with Crippen LogP contribution in [0.25, 0.3) is 0 Å². The van der Waals surface area contributed by atoms with E-state index in [1.165, 1.54) is 11.5 Å². The van der Waals surface area contributed by atoms with Gasteiger partial charge in [-0.2, -0.15) is 4.37 Å². The van der Waals surface area contributed by atoms with E-state index in [-0.39, 0.29) is 53.0 Å². The lowest BCUT2D eigenvalue weighted by Gasteiger charge is -2.47. The Morgan fingerprint density at radius 1 is 0.945 bits per heavy atom. The first-order valence-electron chi connectivity index (χ1n) is 18.8. The predicted molar refractivity (Wildman–Crippen MR) is 202 cm³/mol. The molecule has 2 aromatic heterocycles. The van der Waals surface area contributed by atoms with Crippen LogP contribution in [-0.4, -0.2) is 111 Å². The second kappa shape index (κ2) is 14.5. The first-order valence-corrected chi connectivity index (χ1v) is 19.5. The van der Waals surface area contributed by atoms with Gasteiger partial charge in [0.05, 0.1) is 23.0 Å². The van der Waals surface area contributed by atoms with Crippen molar-refractivity contribution in [1.29, 1.82) is 0 Å². The molecule has 55 heavy (non-hydrogen) atoms. The Morgan fingerprint density at radius 2 is 1.69 bits per heavy atom. The van der Waals surface area contributed by atoms with E-state index >= 15 is 0 Å². The third-order valence-corrected chi connectivity index (χ3v) is 12.5. The molecule has 18 heteroatoms. The van der Waals surface area contributed by atoms with Crippen LogP contribution in [0.2, 0.25) is 0 Å². The molecule has 288 valence electrons. The van der Waals surface area contributed by atoms with Gasteiger partial charge in [0.25, 0.3) is 17.7 Å². The molecule has 7 heterocycles. The summed E-state index contributed by atoms with van der Waals surface area (Å²) >= 11 is 1.25. The topological polar surface area (TPSA) is 216 Å². The fraction of sp³-hybridized carbons (Fsp3) is 0.486. The number of urea groups is 1. The summed E-state index contributed by atoms with van der Waals surface area (Å²) in [6.45, 7) is 6.07. The number of rotatable bonds is 7. The summed E-state index contributed by atoms with van der Waals surface area (Å²) in [4.78, 5) is 92.4. The molecular formula is C37H43N11O6S. The molecule has 0 aliphatic carbocycles.